The Kier molecular flexibility index (Phi) is 3.99. The zero-order valence-corrected chi connectivity index (χ0v) is 10.3. The third-order valence-electron chi connectivity index (χ3n) is 2.77. The van der Waals surface area contributed by atoms with E-state index in [2.05, 4.69) is 15.4 Å². The van der Waals surface area contributed by atoms with Gasteiger partial charge in [0.2, 0.25) is 0 Å². The van der Waals surface area contributed by atoms with Crippen LogP contribution in [0.2, 0.25) is 0 Å². The number of hydrogen-bond donors (Lipinski definition) is 1. The summed E-state index contributed by atoms with van der Waals surface area (Å²) in [6, 6.07) is 6.58. The van der Waals surface area contributed by atoms with Crippen molar-refractivity contribution in [3.8, 4) is 0 Å². The molecule has 2 rings (SSSR count). The Labute approximate surface area is 105 Å². The van der Waals surface area contributed by atoms with E-state index in [0.29, 0.717) is 25.2 Å². The summed E-state index contributed by atoms with van der Waals surface area (Å²) in [5, 5.41) is 11.8. The second-order valence-electron chi connectivity index (χ2n) is 4.34. The van der Waals surface area contributed by atoms with Crippen molar-refractivity contribution in [3.05, 3.63) is 41.5 Å². The first-order chi connectivity index (χ1) is 8.67. The third kappa shape index (κ3) is 3.33. The topological polar surface area (TPSA) is 69.6 Å². The maximum Gasteiger partial charge on any atom is 0.175 e. The fourth-order valence-electron chi connectivity index (χ4n) is 1.90. The van der Waals surface area contributed by atoms with Crippen LogP contribution in [0, 0.1) is 11.7 Å². The average Bonchev–Trinajstić information content (AvgIpc) is 2.74. The summed E-state index contributed by atoms with van der Waals surface area (Å²) in [5.41, 5.74) is 6.68. The van der Waals surface area contributed by atoms with E-state index in [1.165, 1.54) is 16.9 Å². The van der Waals surface area contributed by atoms with E-state index in [-0.39, 0.29) is 11.7 Å². The highest BCUT2D eigenvalue weighted by Crippen LogP contribution is 2.12. The molecule has 0 saturated heterocycles. The van der Waals surface area contributed by atoms with E-state index < -0.39 is 0 Å². The van der Waals surface area contributed by atoms with Crippen molar-refractivity contribution < 1.29 is 4.39 Å². The van der Waals surface area contributed by atoms with Crippen LogP contribution in [0.15, 0.2) is 24.3 Å². The van der Waals surface area contributed by atoms with Gasteiger partial charge in [0.05, 0.1) is 7.05 Å². The van der Waals surface area contributed by atoms with Crippen molar-refractivity contribution in [2.75, 3.05) is 6.54 Å². The number of hydrogen-bond acceptors (Lipinski definition) is 4. The molecule has 0 bridgehead atoms. The molecule has 0 amide bonds. The van der Waals surface area contributed by atoms with Crippen molar-refractivity contribution in [1.82, 2.24) is 20.2 Å². The molecule has 0 aliphatic carbocycles. The normalized spacial score (nSPS) is 12.6. The molecule has 1 aromatic carbocycles. The van der Waals surface area contributed by atoms with E-state index in [4.69, 9.17) is 5.73 Å². The smallest absolute Gasteiger partial charge is 0.175 e. The molecule has 0 radical (unpaired) electrons. The molecule has 0 aliphatic heterocycles. The van der Waals surface area contributed by atoms with Gasteiger partial charge in [-0.05, 0) is 41.8 Å². The largest absolute Gasteiger partial charge is 0.330 e. The Morgan fingerprint density at radius 2 is 2.22 bits per heavy atom. The SMILES string of the molecule is Cn1nnc(CC(CN)Cc2cccc(F)c2)n1. The molecule has 2 N–H and O–H groups in total. The second kappa shape index (κ2) is 5.68. The first kappa shape index (κ1) is 12.6. The van der Waals surface area contributed by atoms with Crippen molar-refractivity contribution in [2.24, 2.45) is 18.7 Å². The Bertz CT molecular complexity index is 511. The van der Waals surface area contributed by atoms with Crippen LogP contribution < -0.4 is 5.73 Å². The molecule has 1 unspecified atom stereocenters. The first-order valence-electron chi connectivity index (χ1n) is 5.84. The summed E-state index contributed by atoms with van der Waals surface area (Å²) in [7, 11) is 1.72. The molecule has 0 spiro atoms. The summed E-state index contributed by atoms with van der Waals surface area (Å²) < 4.78 is 13.1. The lowest BCUT2D eigenvalue weighted by atomic mass is 9.96. The highest BCUT2D eigenvalue weighted by molar-refractivity contribution is 5.17. The zero-order chi connectivity index (χ0) is 13.0. The molecule has 6 heteroatoms. The summed E-state index contributed by atoms with van der Waals surface area (Å²) in [4.78, 5) is 1.42. The number of halogens is 1. The van der Waals surface area contributed by atoms with Crippen LogP contribution in [0.3, 0.4) is 0 Å². The number of nitrogens with zero attached hydrogens (tertiary/aromatic N) is 4. The Hall–Kier alpha value is -1.82. The minimum atomic E-state index is -0.221. The minimum absolute atomic E-state index is 0.191. The number of aromatic nitrogens is 4. The lowest BCUT2D eigenvalue weighted by Crippen LogP contribution is -2.20. The fraction of sp³-hybridized carbons (Fsp3) is 0.417. The highest BCUT2D eigenvalue weighted by Gasteiger charge is 2.12. The maximum absolute atomic E-state index is 13.1. The van der Waals surface area contributed by atoms with Gasteiger partial charge in [0.25, 0.3) is 0 Å². The van der Waals surface area contributed by atoms with E-state index in [9.17, 15) is 4.39 Å². The van der Waals surface area contributed by atoms with Gasteiger partial charge in [-0.25, -0.2) is 4.39 Å². The zero-order valence-electron chi connectivity index (χ0n) is 10.3. The molecule has 0 fully saturated rings. The predicted octanol–water partition coefficient (Wildman–Crippen LogP) is 0.709. The summed E-state index contributed by atoms with van der Waals surface area (Å²) in [6.45, 7) is 0.509. The van der Waals surface area contributed by atoms with Crippen LogP contribution in [0.5, 0.6) is 0 Å². The second-order valence-corrected chi connectivity index (χ2v) is 4.34. The van der Waals surface area contributed by atoms with Gasteiger partial charge in [0.1, 0.15) is 5.82 Å². The molecule has 18 heavy (non-hydrogen) atoms. The third-order valence-corrected chi connectivity index (χ3v) is 2.77. The van der Waals surface area contributed by atoms with Crippen molar-refractivity contribution >= 4 is 0 Å². The van der Waals surface area contributed by atoms with Gasteiger partial charge in [-0.2, -0.15) is 4.80 Å². The van der Waals surface area contributed by atoms with Gasteiger partial charge in [-0.3, -0.25) is 0 Å². The molecule has 0 aliphatic rings. The number of nitrogens with two attached hydrogens (primary N) is 1. The van der Waals surface area contributed by atoms with Crippen molar-refractivity contribution in [1.29, 1.82) is 0 Å². The van der Waals surface area contributed by atoms with Crippen LogP contribution in [-0.2, 0) is 19.9 Å². The number of benzene rings is 1. The van der Waals surface area contributed by atoms with Crippen LogP contribution >= 0.6 is 0 Å². The lowest BCUT2D eigenvalue weighted by molar-refractivity contribution is 0.514. The maximum atomic E-state index is 13.1. The molecule has 1 aromatic heterocycles. The van der Waals surface area contributed by atoms with Gasteiger partial charge >= 0.3 is 0 Å². The molecule has 0 saturated carbocycles. The van der Waals surface area contributed by atoms with E-state index in [1.54, 1.807) is 13.1 Å². The van der Waals surface area contributed by atoms with Gasteiger partial charge in [-0.1, -0.05) is 12.1 Å². The molecule has 1 heterocycles. The van der Waals surface area contributed by atoms with Gasteiger partial charge in [0.15, 0.2) is 5.82 Å². The van der Waals surface area contributed by atoms with Crippen LogP contribution in [-0.4, -0.2) is 26.8 Å². The monoisotopic (exact) mass is 249 g/mol. The number of rotatable bonds is 5. The van der Waals surface area contributed by atoms with Crippen molar-refractivity contribution in [3.63, 3.8) is 0 Å². The predicted molar refractivity (Wildman–Crippen MR) is 65.2 cm³/mol. The lowest BCUT2D eigenvalue weighted by Gasteiger charge is -2.12. The van der Waals surface area contributed by atoms with Crippen molar-refractivity contribution in [2.45, 2.75) is 12.8 Å². The minimum Gasteiger partial charge on any atom is -0.330 e. The van der Waals surface area contributed by atoms with E-state index in [0.717, 1.165) is 5.56 Å². The fourth-order valence-corrected chi connectivity index (χ4v) is 1.90. The average molecular weight is 249 g/mol. The molecule has 1 atom stereocenters. The summed E-state index contributed by atoms with van der Waals surface area (Å²) in [6.07, 6.45) is 1.37. The van der Waals surface area contributed by atoms with E-state index >= 15 is 0 Å². The van der Waals surface area contributed by atoms with Crippen LogP contribution in [0.4, 0.5) is 4.39 Å². The summed E-state index contributed by atoms with van der Waals surface area (Å²) in [5.74, 6) is 0.640. The standard InChI is InChI=1S/C12H16FN5/c1-18-16-12(15-17-18)7-10(8-14)5-9-3-2-4-11(13)6-9/h2-4,6,10H,5,7-8,14H2,1H3. The molecular weight excluding hydrogens is 233 g/mol. The Morgan fingerprint density at radius 1 is 1.39 bits per heavy atom. The quantitative estimate of drug-likeness (QED) is 0.847. The van der Waals surface area contributed by atoms with Gasteiger partial charge in [-0.15, -0.1) is 10.2 Å². The Morgan fingerprint density at radius 3 is 2.83 bits per heavy atom. The number of aryl methyl sites for hydroxylation is 1. The highest BCUT2D eigenvalue weighted by atomic mass is 19.1. The number of tetrazole rings is 1. The van der Waals surface area contributed by atoms with Crippen LogP contribution in [0.25, 0.3) is 0 Å². The molecule has 96 valence electrons. The molecule has 5 nitrogen and oxygen atoms in total. The molecular formula is C12H16FN5. The molecule has 2 aromatic rings. The van der Waals surface area contributed by atoms with Crippen LogP contribution in [0.1, 0.15) is 11.4 Å². The summed E-state index contributed by atoms with van der Waals surface area (Å²) >= 11 is 0. The first-order valence-corrected chi connectivity index (χ1v) is 5.84. The van der Waals surface area contributed by atoms with E-state index in [1.807, 2.05) is 6.07 Å². The Balaban J connectivity index is 2.01. The van der Waals surface area contributed by atoms with Gasteiger partial charge in [0, 0.05) is 6.42 Å². The van der Waals surface area contributed by atoms with Gasteiger partial charge < -0.3 is 5.73 Å².